The van der Waals surface area contributed by atoms with E-state index in [4.69, 9.17) is 23.2 Å². The average molecular weight is 394 g/mol. The molecule has 0 aliphatic heterocycles. The molecule has 0 spiro atoms. The summed E-state index contributed by atoms with van der Waals surface area (Å²) >= 11 is 12.3. The molecular weight excluding hydrogens is 385 g/mol. The molecule has 6 heteroatoms. The Morgan fingerprint density at radius 2 is 1.41 bits per heavy atom. The van der Waals surface area contributed by atoms with Crippen molar-refractivity contribution in [2.45, 2.75) is 0 Å². The van der Waals surface area contributed by atoms with Gasteiger partial charge in [-0.2, -0.15) is 0 Å². The number of carbonyl (C=O) groups excluding carboxylic acids is 2. The Balaban J connectivity index is 1.97. The normalized spacial score (nSPS) is 13.1. The number of H-pyrrole nitrogens is 1. The van der Waals surface area contributed by atoms with Crippen LogP contribution in [0.5, 0.6) is 0 Å². The fourth-order valence-electron chi connectivity index (χ4n) is 3.66. The van der Waals surface area contributed by atoms with Gasteiger partial charge >= 0.3 is 0 Å². The van der Waals surface area contributed by atoms with Gasteiger partial charge in [-0.3, -0.25) is 14.4 Å². The summed E-state index contributed by atoms with van der Waals surface area (Å²) in [6.45, 7) is 0. The van der Waals surface area contributed by atoms with Crippen LogP contribution in [0.3, 0.4) is 0 Å². The fourth-order valence-corrected chi connectivity index (χ4v) is 4.20. The zero-order valence-electron chi connectivity index (χ0n) is 13.6. The number of halogens is 2. The van der Waals surface area contributed by atoms with Gasteiger partial charge in [0.1, 0.15) is 0 Å². The highest BCUT2D eigenvalue weighted by Gasteiger charge is 2.31. The molecule has 3 aromatic carbocycles. The topological polar surface area (TPSA) is 67.0 Å². The minimum absolute atomic E-state index is 0.196. The number of rotatable bonds is 0. The summed E-state index contributed by atoms with van der Waals surface area (Å²) in [5.41, 5.74) is 1.54. The Kier molecular flexibility index (Phi) is 3.32. The molecule has 1 heterocycles. The molecule has 0 radical (unpaired) electrons. The summed E-state index contributed by atoms with van der Waals surface area (Å²) in [6, 6.07) is 12.8. The maximum atomic E-state index is 13.1. The molecule has 0 atom stereocenters. The van der Waals surface area contributed by atoms with Gasteiger partial charge in [0.15, 0.2) is 17.0 Å². The maximum absolute atomic E-state index is 13.1. The number of aromatic amines is 1. The van der Waals surface area contributed by atoms with Crippen LogP contribution in [0, 0.1) is 0 Å². The van der Waals surface area contributed by atoms with Gasteiger partial charge in [-0.1, -0.05) is 47.5 Å². The predicted octanol–water partition coefficient (Wildman–Crippen LogP) is 4.76. The number of carbonyl (C=O) groups is 2. The summed E-state index contributed by atoms with van der Waals surface area (Å²) < 4.78 is 0. The number of aromatic nitrogens is 1. The quantitative estimate of drug-likeness (QED) is 0.385. The molecule has 0 bridgehead atoms. The Bertz CT molecular complexity index is 1400. The molecule has 4 aromatic rings. The van der Waals surface area contributed by atoms with Crippen molar-refractivity contribution >= 4 is 56.6 Å². The van der Waals surface area contributed by atoms with Gasteiger partial charge in [-0.05, 0) is 24.3 Å². The number of fused-ring (bicyclic) bond motifs is 5. The van der Waals surface area contributed by atoms with Crippen molar-refractivity contribution in [3.05, 3.63) is 91.1 Å². The highest BCUT2D eigenvalue weighted by molar-refractivity contribution is 6.39. The lowest BCUT2D eigenvalue weighted by Gasteiger charge is -2.19. The molecule has 0 saturated carbocycles. The van der Waals surface area contributed by atoms with Crippen LogP contribution in [0.2, 0.25) is 10.0 Å². The Morgan fingerprint density at radius 1 is 0.704 bits per heavy atom. The highest BCUT2D eigenvalue weighted by atomic mass is 35.5. The molecule has 5 rings (SSSR count). The second-order valence-electron chi connectivity index (χ2n) is 6.38. The van der Waals surface area contributed by atoms with Crippen molar-refractivity contribution < 1.29 is 9.59 Å². The standard InChI is InChI=1S/C21H9Cl2NO3/c22-9-7-14-17(15(23)8-9)24-18-13(20(14)26)6-5-12-16(18)21(27)11-4-2-1-3-10(11)19(12)25/h1-8H,(H,24,26). The van der Waals surface area contributed by atoms with Gasteiger partial charge in [0.2, 0.25) is 0 Å². The molecule has 0 saturated heterocycles. The van der Waals surface area contributed by atoms with E-state index in [9.17, 15) is 14.4 Å². The van der Waals surface area contributed by atoms with Crippen LogP contribution in [0.4, 0.5) is 0 Å². The SMILES string of the molecule is O=C1c2ccccc2C(=O)c2c1ccc1c(=O)c3cc(Cl)cc(Cl)c3[nH]c21. The number of hydrogen-bond donors (Lipinski definition) is 1. The van der Waals surface area contributed by atoms with Gasteiger partial charge in [-0.25, -0.2) is 0 Å². The van der Waals surface area contributed by atoms with Crippen molar-refractivity contribution in [1.82, 2.24) is 4.98 Å². The molecule has 1 aliphatic carbocycles. The summed E-state index contributed by atoms with van der Waals surface area (Å²) in [6.07, 6.45) is 0. The van der Waals surface area contributed by atoms with E-state index in [-0.39, 0.29) is 33.1 Å². The molecule has 1 aliphatic rings. The number of pyridine rings is 1. The molecule has 0 amide bonds. The first kappa shape index (κ1) is 16.2. The van der Waals surface area contributed by atoms with Crippen LogP contribution in [-0.2, 0) is 0 Å². The lowest BCUT2D eigenvalue weighted by molar-refractivity contribution is 0.0980. The van der Waals surface area contributed by atoms with Gasteiger partial charge < -0.3 is 4.98 Å². The second-order valence-corrected chi connectivity index (χ2v) is 7.22. The largest absolute Gasteiger partial charge is 0.352 e. The van der Waals surface area contributed by atoms with E-state index in [1.54, 1.807) is 30.3 Å². The van der Waals surface area contributed by atoms with E-state index in [1.165, 1.54) is 18.2 Å². The van der Waals surface area contributed by atoms with Crippen molar-refractivity contribution in [2.75, 3.05) is 0 Å². The second kappa shape index (κ2) is 5.52. The van der Waals surface area contributed by atoms with Crippen LogP contribution in [-0.4, -0.2) is 16.6 Å². The van der Waals surface area contributed by atoms with Crippen LogP contribution >= 0.6 is 23.2 Å². The third kappa shape index (κ3) is 2.14. The van der Waals surface area contributed by atoms with Gasteiger partial charge in [-0.15, -0.1) is 0 Å². The fraction of sp³-hybridized carbons (Fsp3) is 0. The smallest absolute Gasteiger partial charge is 0.197 e. The summed E-state index contributed by atoms with van der Waals surface area (Å²) in [4.78, 5) is 42.1. The van der Waals surface area contributed by atoms with Crippen LogP contribution in [0.1, 0.15) is 31.8 Å². The summed E-state index contributed by atoms with van der Waals surface area (Å²) in [7, 11) is 0. The van der Waals surface area contributed by atoms with Crippen molar-refractivity contribution in [2.24, 2.45) is 0 Å². The van der Waals surface area contributed by atoms with E-state index in [0.29, 0.717) is 38.0 Å². The lowest BCUT2D eigenvalue weighted by atomic mass is 9.83. The van der Waals surface area contributed by atoms with E-state index < -0.39 is 0 Å². The first-order valence-corrected chi connectivity index (χ1v) is 8.89. The van der Waals surface area contributed by atoms with E-state index in [0.717, 1.165) is 0 Å². The van der Waals surface area contributed by atoms with Gasteiger partial charge in [0.25, 0.3) is 0 Å². The first-order valence-electron chi connectivity index (χ1n) is 8.13. The number of nitrogens with one attached hydrogen (secondary N) is 1. The zero-order chi connectivity index (χ0) is 18.9. The van der Waals surface area contributed by atoms with Crippen LogP contribution in [0.25, 0.3) is 21.8 Å². The number of benzene rings is 3. The van der Waals surface area contributed by atoms with E-state index in [2.05, 4.69) is 4.98 Å². The molecule has 0 unspecified atom stereocenters. The monoisotopic (exact) mass is 393 g/mol. The first-order chi connectivity index (χ1) is 13.0. The summed E-state index contributed by atoms with van der Waals surface area (Å²) in [5, 5.41) is 1.25. The molecule has 1 aromatic heterocycles. The number of hydrogen-bond acceptors (Lipinski definition) is 3. The minimum Gasteiger partial charge on any atom is -0.352 e. The molecule has 27 heavy (non-hydrogen) atoms. The van der Waals surface area contributed by atoms with Crippen LogP contribution in [0.15, 0.2) is 53.3 Å². The maximum Gasteiger partial charge on any atom is 0.197 e. The lowest BCUT2D eigenvalue weighted by Crippen LogP contribution is -2.22. The average Bonchev–Trinajstić information content (AvgIpc) is 2.66. The van der Waals surface area contributed by atoms with Gasteiger partial charge in [0, 0.05) is 32.5 Å². The minimum atomic E-state index is -0.301. The molecule has 130 valence electrons. The summed E-state index contributed by atoms with van der Waals surface area (Å²) in [5.74, 6) is -0.545. The Labute approximate surface area is 162 Å². The van der Waals surface area contributed by atoms with Crippen molar-refractivity contribution in [3.8, 4) is 0 Å². The molecule has 0 fully saturated rings. The third-order valence-corrected chi connectivity index (χ3v) is 5.40. The van der Waals surface area contributed by atoms with E-state index >= 15 is 0 Å². The van der Waals surface area contributed by atoms with Crippen LogP contribution < -0.4 is 5.43 Å². The van der Waals surface area contributed by atoms with Gasteiger partial charge in [0.05, 0.1) is 21.6 Å². The van der Waals surface area contributed by atoms with Crippen molar-refractivity contribution in [1.29, 1.82) is 0 Å². The molecule has 1 N–H and O–H groups in total. The zero-order valence-corrected chi connectivity index (χ0v) is 15.1. The molecule has 4 nitrogen and oxygen atoms in total. The Morgan fingerprint density at radius 3 is 2.15 bits per heavy atom. The molecular formula is C21H9Cl2NO3. The number of ketones is 2. The predicted molar refractivity (Wildman–Crippen MR) is 105 cm³/mol. The third-order valence-electron chi connectivity index (χ3n) is 4.89. The highest BCUT2D eigenvalue weighted by Crippen LogP contribution is 2.33. The van der Waals surface area contributed by atoms with E-state index in [1.807, 2.05) is 0 Å². The van der Waals surface area contributed by atoms with Crippen molar-refractivity contribution in [3.63, 3.8) is 0 Å². The Hall–Kier alpha value is -2.95.